The molecule has 0 bridgehead atoms. The van der Waals surface area contributed by atoms with Crippen molar-refractivity contribution in [2.24, 2.45) is 5.41 Å². The van der Waals surface area contributed by atoms with E-state index in [0.717, 1.165) is 62.3 Å². The molecule has 0 unspecified atom stereocenters. The van der Waals surface area contributed by atoms with Crippen LogP contribution < -0.4 is 4.74 Å². The van der Waals surface area contributed by atoms with Crippen molar-refractivity contribution in [3.8, 4) is 11.4 Å². The van der Waals surface area contributed by atoms with Gasteiger partial charge in [0, 0.05) is 25.2 Å². The maximum absolute atomic E-state index is 13.1. The first-order valence-corrected chi connectivity index (χ1v) is 10.9. The number of amides is 1. The van der Waals surface area contributed by atoms with Crippen molar-refractivity contribution in [3.63, 3.8) is 0 Å². The minimum atomic E-state index is -0.356. The van der Waals surface area contributed by atoms with E-state index in [0.29, 0.717) is 12.2 Å². The summed E-state index contributed by atoms with van der Waals surface area (Å²) in [5.41, 5.74) is 2.39. The maximum Gasteiger partial charge on any atom is 0.333 e. The van der Waals surface area contributed by atoms with E-state index >= 15 is 0 Å². The first-order chi connectivity index (χ1) is 15.6. The molecule has 0 N–H and O–H groups in total. The van der Waals surface area contributed by atoms with Crippen LogP contribution in [0.3, 0.4) is 0 Å². The van der Waals surface area contributed by atoms with E-state index in [2.05, 4.69) is 26.5 Å². The summed E-state index contributed by atoms with van der Waals surface area (Å²) in [6.07, 6.45) is 6.40. The zero-order valence-electron chi connectivity index (χ0n) is 18.1. The predicted molar refractivity (Wildman–Crippen MR) is 113 cm³/mol. The molecule has 10 heteroatoms. The van der Waals surface area contributed by atoms with Crippen LogP contribution in [0.5, 0.6) is 5.75 Å². The quantitative estimate of drug-likeness (QED) is 0.615. The van der Waals surface area contributed by atoms with E-state index in [9.17, 15) is 9.59 Å². The molecule has 2 fully saturated rings. The molecule has 1 aromatic carbocycles. The molecule has 0 aliphatic carbocycles. The number of hydrogen-bond acceptors (Lipinski definition) is 8. The van der Waals surface area contributed by atoms with Crippen LogP contribution in [0.15, 0.2) is 36.3 Å². The Morgan fingerprint density at radius 3 is 2.66 bits per heavy atom. The third-order valence-corrected chi connectivity index (χ3v) is 6.90. The lowest BCUT2D eigenvalue weighted by atomic mass is 9.77. The fourth-order valence-corrected chi connectivity index (χ4v) is 4.92. The first kappa shape index (κ1) is 20.6. The second-order valence-corrected chi connectivity index (χ2v) is 8.57. The van der Waals surface area contributed by atoms with Gasteiger partial charge in [-0.15, -0.1) is 5.10 Å². The summed E-state index contributed by atoms with van der Waals surface area (Å²) in [6, 6.07) is 5.98. The zero-order chi connectivity index (χ0) is 22.1. The summed E-state index contributed by atoms with van der Waals surface area (Å²) in [5, 5.41) is 11.3. The molecular weight excluding hydrogens is 412 g/mol. The van der Waals surface area contributed by atoms with Crippen molar-refractivity contribution in [1.82, 2.24) is 30.0 Å². The average Bonchev–Trinajstić information content (AvgIpc) is 3.56. The second kappa shape index (κ2) is 8.34. The van der Waals surface area contributed by atoms with Crippen molar-refractivity contribution in [2.45, 2.75) is 25.7 Å². The minimum absolute atomic E-state index is 0.154. The standard InChI is InChI=1S/C22H26N6O4/c1-31-19-12-17(28-15-23-24-25-28)3-2-16(19)4-8-26-9-5-22(6-10-26)7-11-27(21(22)30)18-13-20(29)32-14-18/h2-3,12-13,15H,4-11,14H2,1H3. The molecule has 5 rings (SSSR count). The van der Waals surface area contributed by atoms with Gasteiger partial charge in [0.1, 0.15) is 18.7 Å². The SMILES string of the molecule is COc1cc(-n2cnnn2)ccc1CCN1CCC2(CC1)CCN(C1=CC(=O)OC1)C2=O. The first-order valence-electron chi connectivity index (χ1n) is 10.9. The summed E-state index contributed by atoms with van der Waals surface area (Å²) in [6.45, 7) is 3.56. The average molecular weight is 438 g/mol. The number of piperidine rings is 1. The summed E-state index contributed by atoms with van der Waals surface area (Å²) < 4.78 is 12.2. The highest BCUT2D eigenvalue weighted by molar-refractivity contribution is 5.90. The van der Waals surface area contributed by atoms with E-state index in [1.54, 1.807) is 23.0 Å². The summed E-state index contributed by atoms with van der Waals surface area (Å²) >= 11 is 0. The largest absolute Gasteiger partial charge is 0.496 e. The zero-order valence-corrected chi connectivity index (χ0v) is 18.1. The van der Waals surface area contributed by atoms with Crippen LogP contribution in [0.25, 0.3) is 5.69 Å². The number of carbonyl (C=O) groups excluding carboxylic acids is 2. The topological polar surface area (TPSA) is 103 Å². The number of esters is 1. The molecule has 168 valence electrons. The minimum Gasteiger partial charge on any atom is -0.496 e. The number of likely N-dealkylation sites (tertiary alicyclic amines) is 2. The van der Waals surface area contributed by atoms with Gasteiger partial charge in [-0.1, -0.05) is 6.07 Å². The van der Waals surface area contributed by atoms with Crippen molar-refractivity contribution >= 4 is 11.9 Å². The Labute approximate surface area is 185 Å². The smallest absolute Gasteiger partial charge is 0.333 e. The van der Waals surface area contributed by atoms with Gasteiger partial charge in [-0.05, 0) is 60.8 Å². The number of nitrogens with zero attached hydrogens (tertiary/aromatic N) is 6. The summed E-state index contributed by atoms with van der Waals surface area (Å²) in [4.78, 5) is 28.7. The molecule has 2 aromatic rings. The van der Waals surface area contributed by atoms with Crippen molar-refractivity contribution in [2.75, 3.05) is 39.9 Å². The van der Waals surface area contributed by atoms with Gasteiger partial charge >= 0.3 is 5.97 Å². The van der Waals surface area contributed by atoms with E-state index < -0.39 is 0 Å². The fourth-order valence-electron chi connectivity index (χ4n) is 4.92. The van der Waals surface area contributed by atoms with Gasteiger partial charge in [-0.2, -0.15) is 0 Å². The van der Waals surface area contributed by atoms with Crippen LogP contribution in [-0.4, -0.2) is 81.8 Å². The number of ether oxygens (including phenoxy) is 2. The molecular formula is C22H26N6O4. The molecule has 4 heterocycles. The third-order valence-electron chi connectivity index (χ3n) is 6.90. The maximum atomic E-state index is 13.1. The Balaban J connectivity index is 1.18. The summed E-state index contributed by atoms with van der Waals surface area (Å²) in [7, 11) is 1.67. The number of methoxy groups -OCH3 is 1. The Hall–Kier alpha value is -3.27. The number of benzene rings is 1. The molecule has 1 aromatic heterocycles. The van der Waals surface area contributed by atoms with Crippen LogP contribution in [0.2, 0.25) is 0 Å². The van der Waals surface area contributed by atoms with Gasteiger partial charge in [0.2, 0.25) is 5.91 Å². The molecule has 1 amide bonds. The van der Waals surface area contributed by atoms with Gasteiger partial charge < -0.3 is 19.3 Å². The number of cyclic esters (lactones) is 1. The van der Waals surface area contributed by atoms with E-state index in [1.165, 1.54) is 6.08 Å². The molecule has 32 heavy (non-hydrogen) atoms. The van der Waals surface area contributed by atoms with Gasteiger partial charge in [0.05, 0.1) is 23.9 Å². The third kappa shape index (κ3) is 3.75. The molecule has 0 radical (unpaired) electrons. The Kier molecular flexibility index (Phi) is 5.38. The van der Waals surface area contributed by atoms with Crippen molar-refractivity contribution in [3.05, 3.63) is 41.9 Å². The van der Waals surface area contributed by atoms with Crippen LogP contribution in [0, 0.1) is 5.41 Å². The Morgan fingerprint density at radius 2 is 1.97 bits per heavy atom. The van der Waals surface area contributed by atoms with Crippen LogP contribution in [-0.2, 0) is 20.7 Å². The molecule has 10 nitrogen and oxygen atoms in total. The molecule has 1 spiro atoms. The van der Waals surface area contributed by atoms with Gasteiger partial charge in [0.25, 0.3) is 0 Å². The van der Waals surface area contributed by atoms with Crippen LogP contribution in [0.1, 0.15) is 24.8 Å². The molecule has 3 aliphatic heterocycles. The van der Waals surface area contributed by atoms with Crippen LogP contribution >= 0.6 is 0 Å². The lowest BCUT2D eigenvalue weighted by molar-refractivity contribution is -0.138. The van der Waals surface area contributed by atoms with E-state index in [1.807, 2.05) is 12.1 Å². The normalized spacial score (nSPS) is 20.7. The number of aromatic nitrogens is 4. The molecule has 0 saturated carbocycles. The molecule has 2 saturated heterocycles. The Bertz CT molecular complexity index is 1040. The van der Waals surface area contributed by atoms with E-state index in [4.69, 9.17) is 9.47 Å². The van der Waals surface area contributed by atoms with Crippen LogP contribution in [0.4, 0.5) is 0 Å². The van der Waals surface area contributed by atoms with Crippen molar-refractivity contribution in [1.29, 1.82) is 0 Å². The molecule has 0 atom stereocenters. The highest BCUT2D eigenvalue weighted by atomic mass is 16.5. The number of tetrazole rings is 1. The number of carbonyl (C=O) groups is 2. The highest BCUT2D eigenvalue weighted by Crippen LogP contribution is 2.43. The van der Waals surface area contributed by atoms with Gasteiger partial charge in [-0.25, -0.2) is 9.48 Å². The number of rotatable bonds is 6. The van der Waals surface area contributed by atoms with E-state index in [-0.39, 0.29) is 23.9 Å². The fraction of sp³-hybridized carbons (Fsp3) is 0.500. The van der Waals surface area contributed by atoms with Crippen molar-refractivity contribution < 1.29 is 19.1 Å². The highest BCUT2D eigenvalue weighted by Gasteiger charge is 2.49. The second-order valence-electron chi connectivity index (χ2n) is 8.57. The Morgan fingerprint density at radius 1 is 1.16 bits per heavy atom. The predicted octanol–water partition coefficient (Wildman–Crippen LogP) is 0.969. The lowest BCUT2D eigenvalue weighted by Crippen LogP contribution is -2.45. The number of hydrogen-bond donors (Lipinski definition) is 0. The molecule has 3 aliphatic rings. The summed E-state index contributed by atoms with van der Waals surface area (Å²) in [5.74, 6) is 0.612. The van der Waals surface area contributed by atoms with Gasteiger partial charge in [0.15, 0.2) is 0 Å². The lowest BCUT2D eigenvalue weighted by Gasteiger charge is -2.38. The van der Waals surface area contributed by atoms with Gasteiger partial charge in [-0.3, -0.25) is 4.79 Å². The monoisotopic (exact) mass is 438 g/mol.